The summed E-state index contributed by atoms with van der Waals surface area (Å²) in [5.74, 6) is 0.0167. The van der Waals surface area contributed by atoms with Gasteiger partial charge in [0.15, 0.2) is 0 Å². The second-order valence-corrected chi connectivity index (χ2v) is 9.66. The second-order valence-electron chi connectivity index (χ2n) is 8.09. The van der Waals surface area contributed by atoms with E-state index in [9.17, 15) is 9.59 Å². The number of nitrogens with zero attached hydrogens (tertiary/aromatic N) is 2. The molecule has 4 aliphatic rings. The number of carbonyl (C=O) groups is 2. The number of benzene rings is 2. The predicted molar refractivity (Wildman–Crippen MR) is 141 cm³/mol. The highest BCUT2D eigenvalue weighted by Gasteiger charge is 2.41. The van der Waals surface area contributed by atoms with Gasteiger partial charge in [0.25, 0.3) is 11.8 Å². The van der Waals surface area contributed by atoms with Crippen molar-refractivity contribution in [2.75, 3.05) is 39.3 Å². The van der Waals surface area contributed by atoms with Gasteiger partial charge in [-0.05, 0) is 23.3 Å². The minimum Gasteiger partial charge on any atom is -0.329 e. The standard InChI is InChI=1S/2C11H10Cl2N2O.2ClH/c2*12-7-2-1-6-8-5-14-3-4-15(8)11(16)9(6)10(7)13;;/h2*1-2,8,14H,3-5H2;2*1H/t2*8-;;/m10../s1. The Kier molecular flexibility index (Phi) is 8.92. The fraction of sp³-hybridized carbons (Fsp3) is 0.364. The molecule has 0 radical (unpaired) electrons. The first-order chi connectivity index (χ1) is 15.4. The average Bonchev–Trinajstić information content (AvgIpc) is 3.27. The van der Waals surface area contributed by atoms with Gasteiger partial charge in [0.1, 0.15) is 0 Å². The minimum absolute atomic E-state index is 0. The second kappa shape index (κ2) is 11.0. The van der Waals surface area contributed by atoms with Gasteiger partial charge in [0, 0.05) is 39.3 Å². The van der Waals surface area contributed by atoms with Crippen LogP contribution in [0.2, 0.25) is 20.1 Å². The van der Waals surface area contributed by atoms with Crippen molar-refractivity contribution in [1.29, 1.82) is 0 Å². The zero-order valence-electron chi connectivity index (χ0n) is 17.7. The van der Waals surface area contributed by atoms with Crippen molar-refractivity contribution in [2.45, 2.75) is 12.1 Å². The van der Waals surface area contributed by atoms with Crippen molar-refractivity contribution in [3.63, 3.8) is 0 Å². The summed E-state index contributed by atoms with van der Waals surface area (Å²) in [6, 6.07) is 7.55. The number of fused-ring (bicyclic) bond motifs is 6. The lowest BCUT2D eigenvalue weighted by molar-refractivity contribution is 0.0683. The van der Waals surface area contributed by atoms with Crippen molar-refractivity contribution in [1.82, 2.24) is 20.4 Å². The highest BCUT2D eigenvalue weighted by molar-refractivity contribution is 6.44. The molecule has 34 heavy (non-hydrogen) atoms. The number of hydrogen-bond acceptors (Lipinski definition) is 4. The molecule has 2 amide bonds. The monoisotopic (exact) mass is 584 g/mol. The molecule has 184 valence electrons. The Morgan fingerprint density at radius 2 is 1.06 bits per heavy atom. The lowest BCUT2D eigenvalue weighted by atomic mass is 10.0. The molecule has 2 fully saturated rings. The van der Waals surface area contributed by atoms with E-state index in [4.69, 9.17) is 46.4 Å². The van der Waals surface area contributed by atoms with Crippen LogP contribution >= 0.6 is 71.2 Å². The van der Waals surface area contributed by atoms with Gasteiger partial charge in [-0.25, -0.2) is 0 Å². The van der Waals surface area contributed by atoms with Crippen molar-refractivity contribution in [3.05, 3.63) is 66.6 Å². The predicted octanol–water partition coefficient (Wildman–Crippen LogP) is 5.03. The van der Waals surface area contributed by atoms with Gasteiger partial charge in [-0.15, -0.1) is 24.8 Å². The lowest BCUT2D eigenvalue weighted by Gasteiger charge is -2.30. The molecule has 2 atom stereocenters. The van der Waals surface area contributed by atoms with Crippen LogP contribution in [0.15, 0.2) is 24.3 Å². The van der Waals surface area contributed by atoms with Crippen LogP contribution in [0.4, 0.5) is 0 Å². The third kappa shape index (κ3) is 4.48. The van der Waals surface area contributed by atoms with Crippen LogP contribution in [0.5, 0.6) is 0 Å². The number of rotatable bonds is 0. The quantitative estimate of drug-likeness (QED) is 0.454. The molecule has 4 heterocycles. The van der Waals surface area contributed by atoms with Crippen molar-refractivity contribution in [3.8, 4) is 0 Å². The number of piperazine rings is 2. The first-order valence-electron chi connectivity index (χ1n) is 10.4. The molecule has 0 unspecified atom stereocenters. The fourth-order valence-corrected chi connectivity index (χ4v) is 5.68. The molecule has 0 aromatic heterocycles. The van der Waals surface area contributed by atoms with Gasteiger partial charge in [-0.3, -0.25) is 9.59 Å². The van der Waals surface area contributed by atoms with Gasteiger partial charge in [0.05, 0.1) is 43.3 Å². The molecule has 4 aliphatic heterocycles. The van der Waals surface area contributed by atoms with Crippen LogP contribution in [0.1, 0.15) is 43.9 Å². The van der Waals surface area contributed by atoms with Crippen LogP contribution < -0.4 is 10.6 Å². The first-order valence-corrected chi connectivity index (χ1v) is 11.9. The van der Waals surface area contributed by atoms with Gasteiger partial charge in [0.2, 0.25) is 0 Å². The topological polar surface area (TPSA) is 64.7 Å². The van der Waals surface area contributed by atoms with Crippen LogP contribution in [0.3, 0.4) is 0 Å². The Balaban J connectivity index is 0.000000180. The molecule has 6 nitrogen and oxygen atoms in total. The van der Waals surface area contributed by atoms with Crippen LogP contribution in [-0.2, 0) is 0 Å². The summed E-state index contributed by atoms with van der Waals surface area (Å²) >= 11 is 24.1. The molecule has 12 heteroatoms. The summed E-state index contributed by atoms with van der Waals surface area (Å²) in [6.45, 7) is 4.70. The molecular weight excluding hydrogens is 565 g/mol. The number of halogens is 6. The van der Waals surface area contributed by atoms with Gasteiger partial charge < -0.3 is 20.4 Å². The summed E-state index contributed by atoms with van der Waals surface area (Å²) in [5, 5.41) is 8.23. The summed E-state index contributed by atoms with van der Waals surface area (Å²) in [6.07, 6.45) is 0. The maximum atomic E-state index is 12.2. The van der Waals surface area contributed by atoms with E-state index in [0.717, 1.165) is 50.4 Å². The largest absolute Gasteiger partial charge is 0.329 e. The third-order valence-corrected chi connectivity index (χ3v) is 8.02. The van der Waals surface area contributed by atoms with Crippen molar-refractivity contribution in [2.24, 2.45) is 0 Å². The Labute approximate surface area is 230 Å². The molecule has 2 aromatic carbocycles. The number of amides is 2. The normalized spacial score (nSPS) is 21.9. The van der Waals surface area contributed by atoms with E-state index in [0.29, 0.717) is 31.2 Å². The van der Waals surface area contributed by atoms with Gasteiger partial charge in [-0.2, -0.15) is 0 Å². The summed E-state index contributed by atoms with van der Waals surface area (Å²) in [4.78, 5) is 28.0. The Bertz CT molecular complexity index is 1040. The Hall–Kier alpha value is -0.960. The zero-order valence-corrected chi connectivity index (χ0v) is 22.4. The third-order valence-electron chi connectivity index (χ3n) is 6.41. The highest BCUT2D eigenvalue weighted by Crippen LogP contribution is 2.41. The number of hydrogen-bond donors (Lipinski definition) is 2. The summed E-state index contributed by atoms with van der Waals surface area (Å²) in [5.41, 5.74) is 3.16. The maximum absolute atomic E-state index is 12.2. The van der Waals surface area contributed by atoms with Crippen molar-refractivity contribution >= 4 is 83.0 Å². The molecule has 6 rings (SSSR count). The molecule has 0 spiro atoms. The van der Waals surface area contributed by atoms with E-state index in [1.165, 1.54) is 0 Å². The van der Waals surface area contributed by atoms with Gasteiger partial charge in [-0.1, -0.05) is 58.5 Å². The van der Waals surface area contributed by atoms with Crippen LogP contribution in [-0.4, -0.2) is 60.9 Å². The Morgan fingerprint density at radius 3 is 1.44 bits per heavy atom. The van der Waals surface area contributed by atoms with E-state index in [-0.39, 0.29) is 48.7 Å². The van der Waals surface area contributed by atoms with Crippen LogP contribution in [0.25, 0.3) is 0 Å². The molecule has 0 saturated carbocycles. The minimum atomic E-state index is 0. The van der Waals surface area contributed by atoms with E-state index in [1.807, 2.05) is 21.9 Å². The van der Waals surface area contributed by atoms with E-state index in [2.05, 4.69) is 10.6 Å². The first kappa shape index (κ1) is 27.6. The SMILES string of the molecule is Cl.Cl.O=C1c2c(ccc(Cl)c2Cl)[C@@H]2CNCCN12.O=C1c2c(ccc(Cl)c2Cl)[C@H]2CNCCN12. The molecule has 2 saturated heterocycles. The van der Waals surface area contributed by atoms with Crippen molar-refractivity contribution < 1.29 is 9.59 Å². The average molecular weight is 587 g/mol. The van der Waals surface area contributed by atoms with E-state index in [1.54, 1.807) is 12.1 Å². The smallest absolute Gasteiger partial charge is 0.256 e. The lowest BCUT2D eigenvalue weighted by Crippen LogP contribution is -2.44. The molecule has 0 bridgehead atoms. The highest BCUT2D eigenvalue weighted by atomic mass is 35.5. The van der Waals surface area contributed by atoms with E-state index >= 15 is 0 Å². The number of carbonyl (C=O) groups excluding carboxylic acids is 2. The molecule has 2 aromatic rings. The van der Waals surface area contributed by atoms with E-state index < -0.39 is 0 Å². The van der Waals surface area contributed by atoms with Gasteiger partial charge >= 0.3 is 0 Å². The zero-order chi connectivity index (χ0) is 22.6. The number of nitrogens with one attached hydrogen (secondary N) is 2. The molecule has 2 N–H and O–H groups in total. The van der Waals surface area contributed by atoms with Crippen LogP contribution in [0, 0.1) is 0 Å². The Morgan fingerprint density at radius 1 is 0.676 bits per heavy atom. The maximum Gasteiger partial charge on any atom is 0.256 e. The molecular formula is C22H22Cl6N4O2. The summed E-state index contributed by atoms with van der Waals surface area (Å²) in [7, 11) is 0. The fourth-order valence-electron chi connectivity index (χ4n) is 4.86. The summed E-state index contributed by atoms with van der Waals surface area (Å²) < 4.78 is 0. The molecule has 0 aliphatic carbocycles.